The van der Waals surface area contributed by atoms with Crippen LogP contribution in [0, 0.1) is 0 Å². The molecule has 0 N–H and O–H groups in total. The van der Waals surface area contributed by atoms with Crippen LogP contribution < -0.4 is 4.74 Å². The molecule has 8 heteroatoms. The van der Waals surface area contributed by atoms with Crippen molar-refractivity contribution in [3.05, 3.63) is 60.1 Å². The smallest absolute Gasteiger partial charge is 0.452 e. The second-order valence-corrected chi connectivity index (χ2v) is 5.33. The van der Waals surface area contributed by atoms with Gasteiger partial charge in [0.15, 0.2) is 11.6 Å². The third kappa shape index (κ3) is 5.11. The molecule has 2 aromatic rings. The highest BCUT2D eigenvalue weighted by Crippen LogP contribution is 2.27. The van der Waals surface area contributed by atoms with Crippen molar-refractivity contribution in [2.24, 2.45) is 0 Å². The summed E-state index contributed by atoms with van der Waals surface area (Å²) in [6.07, 6.45) is -0.537. The lowest BCUT2D eigenvalue weighted by atomic mass is 10.2. The molecule has 0 unspecified atom stereocenters. The van der Waals surface area contributed by atoms with Gasteiger partial charge in [-0.3, -0.25) is 4.79 Å². The number of benzene rings is 1. The lowest BCUT2D eigenvalue weighted by Gasteiger charge is -2.12. The van der Waals surface area contributed by atoms with Gasteiger partial charge < -0.3 is 14.0 Å². The molecular weight excluding hydrogens is 349 g/mol. The van der Waals surface area contributed by atoms with E-state index in [1.807, 2.05) is 0 Å². The number of hydrogen-bond donors (Lipinski definition) is 0. The number of aromatic nitrogens is 2. The Hall–Kier alpha value is -2.77. The molecule has 1 aromatic heterocycles. The zero-order chi connectivity index (χ0) is 19.2. The lowest BCUT2D eigenvalue weighted by Crippen LogP contribution is -2.15. The van der Waals surface area contributed by atoms with Crippen molar-refractivity contribution in [3.8, 4) is 5.75 Å². The maximum absolute atomic E-state index is 12.8. The maximum atomic E-state index is 12.8. The number of hydrogen-bond acceptors (Lipinski definition) is 4. The SMILES string of the molecule is CCO/C(=C\Oc1cccc(Cn2ccnc2C(=O)CC)c1)C(F)(F)F. The van der Waals surface area contributed by atoms with Gasteiger partial charge >= 0.3 is 6.18 Å². The third-order valence-corrected chi connectivity index (χ3v) is 3.42. The number of ether oxygens (including phenoxy) is 2. The summed E-state index contributed by atoms with van der Waals surface area (Å²) in [7, 11) is 0. The zero-order valence-corrected chi connectivity index (χ0v) is 14.4. The summed E-state index contributed by atoms with van der Waals surface area (Å²) < 4.78 is 49.7. The fraction of sp³-hybridized carbons (Fsp3) is 0.333. The molecular formula is C18H19F3N2O3. The number of imidazole rings is 1. The van der Waals surface area contributed by atoms with E-state index in [0.29, 0.717) is 25.1 Å². The van der Waals surface area contributed by atoms with Gasteiger partial charge in [0.1, 0.15) is 12.0 Å². The number of rotatable bonds is 8. The van der Waals surface area contributed by atoms with Crippen molar-refractivity contribution in [2.75, 3.05) is 6.61 Å². The Bertz CT molecular complexity index is 782. The minimum atomic E-state index is -4.63. The van der Waals surface area contributed by atoms with Crippen molar-refractivity contribution in [1.82, 2.24) is 9.55 Å². The van der Waals surface area contributed by atoms with E-state index < -0.39 is 11.9 Å². The van der Waals surface area contributed by atoms with Crippen molar-refractivity contribution < 1.29 is 27.4 Å². The summed E-state index contributed by atoms with van der Waals surface area (Å²) in [5, 5.41) is 0. The standard InChI is InChI=1S/C18H19F3N2O3/c1-3-15(24)17-22-8-9-23(17)11-13-6-5-7-14(10-13)26-12-16(25-4-2)18(19,20)21/h5-10,12H,3-4,11H2,1-2H3/b16-12-. The van der Waals surface area contributed by atoms with Gasteiger partial charge in [-0.2, -0.15) is 13.2 Å². The molecule has 1 aromatic carbocycles. The van der Waals surface area contributed by atoms with E-state index in [4.69, 9.17) is 4.74 Å². The molecule has 0 bridgehead atoms. The van der Waals surface area contributed by atoms with E-state index >= 15 is 0 Å². The second-order valence-electron chi connectivity index (χ2n) is 5.33. The first-order valence-electron chi connectivity index (χ1n) is 8.05. The first-order valence-corrected chi connectivity index (χ1v) is 8.05. The monoisotopic (exact) mass is 368 g/mol. The molecule has 5 nitrogen and oxygen atoms in total. The molecule has 0 aliphatic carbocycles. The van der Waals surface area contributed by atoms with Crippen LogP contribution in [0.25, 0.3) is 0 Å². The Morgan fingerprint density at radius 2 is 2.08 bits per heavy atom. The van der Waals surface area contributed by atoms with Crippen molar-refractivity contribution >= 4 is 5.78 Å². The Kier molecular flexibility index (Phi) is 6.43. The zero-order valence-electron chi connectivity index (χ0n) is 14.4. The van der Waals surface area contributed by atoms with Crippen LogP contribution in [0.5, 0.6) is 5.75 Å². The molecule has 0 aliphatic heterocycles. The largest absolute Gasteiger partial charge is 0.487 e. The van der Waals surface area contributed by atoms with Gasteiger partial charge in [0.25, 0.3) is 0 Å². The summed E-state index contributed by atoms with van der Waals surface area (Å²) in [4.78, 5) is 15.9. The molecule has 2 rings (SSSR count). The first-order chi connectivity index (χ1) is 12.3. The number of halogens is 3. The molecule has 0 saturated carbocycles. The summed E-state index contributed by atoms with van der Waals surface area (Å²) >= 11 is 0. The number of ketones is 1. The van der Waals surface area contributed by atoms with Crippen molar-refractivity contribution in [2.45, 2.75) is 33.0 Å². The van der Waals surface area contributed by atoms with Crippen LogP contribution in [0.15, 0.2) is 48.7 Å². The van der Waals surface area contributed by atoms with Gasteiger partial charge in [0.2, 0.25) is 5.76 Å². The average molecular weight is 368 g/mol. The maximum Gasteiger partial charge on any atom is 0.452 e. The summed E-state index contributed by atoms with van der Waals surface area (Å²) in [5.74, 6) is -0.713. The highest BCUT2D eigenvalue weighted by Gasteiger charge is 2.36. The number of carbonyl (C=O) groups excluding carboxylic acids is 1. The van der Waals surface area contributed by atoms with E-state index in [2.05, 4.69) is 9.72 Å². The number of alkyl halides is 3. The quantitative estimate of drug-likeness (QED) is 0.514. The molecule has 0 saturated heterocycles. The second kappa shape index (κ2) is 8.55. The third-order valence-electron chi connectivity index (χ3n) is 3.42. The Labute approximate surface area is 149 Å². The molecule has 0 amide bonds. The molecule has 1 heterocycles. The van der Waals surface area contributed by atoms with E-state index in [0.717, 1.165) is 5.56 Å². The normalized spacial score (nSPS) is 12.1. The van der Waals surface area contributed by atoms with Crippen LogP contribution in [0.3, 0.4) is 0 Å². The van der Waals surface area contributed by atoms with Crippen LogP contribution in [0.2, 0.25) is 0 Å². The van der Waals surface area contributed by atoms with Crippen LogP contribution in [-0.4, -0.2) is 28.1 Å². The van der Waals surface area contributed by atoms with E-state index in [1.54, 1.807) is 35.9 Å². The van der Waals surface area contributed by atoms with Crippen LogP contribution in [0.4, 0.5) is 13.2 Å². The van der Waals surface area contributed by atoms with Gasteiger partial charge in [-0.05, 0) is 24.6 Å². The molecule has 0 spiro atoms. The fourth-order valence-corrected chi connectivity index (χ4v) is 2.22. The molecule has 0 atom stereocenters. The van der Waals surface area contributed by atoms with Gasteiger partial charge in [-0.15, -0.1) is 0 Å². The predicted molar refractivity (Wildman–Crippen MR) is 88.8 cm³/mol. The number of allylic oxidation sites excluding steroid dienone is 1. The highest BCUT2D eigenvalue weighted by molar-refractivity contribution is 5.92. The molecule has 0 aliphatic rings. The van der Waals surface area contributed by atoms with Gasteiger partial charge in [0.05, 0.1) is 6.61 Å². The number of nitrogens with zero attached hydrogens (tertiary/aromatic N) is 2. The van der Waals surface area contributed by atoms with Crippen LogP contribution in [-0.2, 0) is 11.3 Å². The van der Waals surface area contributed by atoms with E-state index in [9.17, 15) is 18.0 Å². The molecule has 0 radical (unpaired) electrons. The predicted octanol–water partition coefficient (Wildman–Crippen LogP) is 4.34. The summed E-state index contributed by atoms with van der Waals surface area (Å²) in [6, 6.07) is 6.57. The summed E-state index contributed by atoms with van der Waals surface area (Å²) in [6.45, 7) is 3.43. The van der Waals surface area contributed by atoms with Crippen LogP contribution >= 0.6 is 0 Å². The van der Waals surface area contributed by atoms with Gasteiger partial charge in [-0.1, -0.05) is 19.1 Å². The van der Waals surface area contributed by atoms with Crippen molar-refractivity contribution in [1.29, 1.82) is 0 Å². The minimum absolute atomic E-state index is 0.0862. The van der Waals surface area contributed by atoms with Gasteiger partial charge in [-0.25, -0.2) is 4.98 Å². The Balaban J connectivity index is 2.16. The first kappa shape index (κ1) is 19.6. The lowest BCUT2D eigenvalue weighted by molar-refractivity contribution is -0.132. The number of Topliss-reactive ketones (excluding diaryl/α,β-unsaturated/α-hetero) is 1. The topological polar surface area (TPSA) is 53.4 Å². The molecule has 140 valence electrons. The molecule has 0 fully saturated rings. The number of carbonyl (C=O) groups is 1. The van der Waals surface area contributed by atoms with Gasteiger partial charge in [0, 0.05) is 25.4 Å². The Morgan fingerprint density at radius 3 is 2.73 bits per heavy atom. The van der Waals surface area contributed by atoms with Crippen molar-refractivity contribution in [3.63, 3.8) is 0 Å². The fourth-order valence-electron chi connectivity index (χ4n) is 2.22. The minimum Gasteiger partial charge on any atom is -0.487 e. The van der Waals surface area contributed by atoms with Crippen LogP contribution in [0.1, 0.15) is 36.5 Å². The Morgan fingerprint density at radius 1 is 1.31 bits per heavy atom. The molecule has 26 heavy (non-hydrogen) atoms. The highest BCUT2D eigenvalue weighted by atomic mass is 19.4. The summed E-state index contributed by atoms with van der Waals surface area (Å²) in [5.41, 5.74) is 0.754. The average Bonchev–Trinajstić information content (AvgIpc) is 3.05. The van der Waals surface area contributed by atoms with E-state index in [-0.39, 0.29) is 18.1 Å². The van der Waals surface area contributed by atoms with E-state index in [1.165, 1.54) is 19.2 Å².